The summed E-state index contributed by atoms with van der Waals surface area (Å²) in [5, 5.41) is 4.15. The average Bonchev–Trinajstić information content (AvgIpc) is 3.20. The molecule has 142 valence electrons. The van der Waals surface area contributed by atoms with Crippen molar-refractivity contribution >= 4 is 0 Å². The van der Waals surface area contributed by atoms with Gasteiger partial charge in [-0.15, -0.1) is 0 Å². The normalized spacial score (nSPS) is 15.8. The predicted octanol–water partition coefficient (Wildman–Crippen LogP) is 1.12. The van der Waals surface area contributed by atoms with E-state index in [9.17, 15) is 0 Å². The Labute approximate surface area is 154 Å². The first-order chi connectivity index (χ1) is 12.7. The molecule has 8 nitrogen and oxygen atoms in total. The first-order valence-corrected chi connectivity index (χ1v) is 8.80. The number of hydrogen-bond acceptors (Lipinski definition) is 7. The Bertz CT molecular complexity index is 684. The molecule has 0 aliphatic carbocycles. The first kappa shape index (κ1) is 18.5. The van der Waals surface area contributed by atoms with Crippen molar-refractivity contribution in [3.63, 3.8) is 0 Å². The second-order valence-electron chi connectivity index (χ2n) is 6.27. The molecule has 1 aromatic heterocycles. The first-order valence-electron chi connectivity index (χ1n) is 8.80. The molecule has 1 saturated heterocycles. The van der Waals surface area contributed by atoms with Crippen LogP contribution in [0.2, 0.25) is 0 Å². The van der Waals surface area contributed by atoms with Crippen LogP contribution in [0.3, 0.4) is 0 Å². The van der Waals surface area contributed by atoms with Crippen molar-refractivity contribution in [3.8, 4) is 17.2 Å². The van der Waals surface area contributed by atoms with Crippen molar-refractivity contribution in [1.29, 1.82) is 0 Å². The Morgan fingerprint density at radius 1 is 0.885 bits per heavy atom. The van der Waals surface area contributed by atoms with Crippen LogP contribution in [0, 0.1) is 0 Å². The molecular weight excluding hydrogens is 334 g/mol. The third kappa shape index (κ3) is 4.25. The number of benzene rings is 1. The summed E-state index contributed by atoms with van der Waals surface area (Å²) in [5.74, 6) is 2.09. The Hall–Kier alpha value is -2.32. The van der Waals surface area contributed by atoms with Crippen LogP contribution in [0.1, 0.15) is 5.56 Å². The van der Waals surface area contributed by atoms with Crippen LogP contribution in [0.15, 0.2) is 24.8 Å². The van der Waals surface area contributed by atoms with E-state index in [4.69, 9.17) is 14.2 Å². The van der Waals surface area contributed by atoms with Gasteiger partial charge in [-0.3, -0.25) is 14.5 Å². The lowest BCUT2D eigenvalue weighted by Crippen LogP contribution is -2.46. The fraction of sp³-hybridized carbons (Fsp3) is 0.556. The summed E-state index contributed by atoms with van der Waals surface area (Å²) >= 11 is 0. The van der Waals surface area contributed by atoms with E-state index in [1.165, 1.54) is 0 Å². The van der Waals surface area contributed by atoms with Gasteiger partial charge >= 0.3 is 0 Å². The maximum absolute atomic E-state index is 5.59. The number of rotatable bonds is 8. The summed E-state index contributed by atoms with van der Waals surface area (Å²) < 4.78 is 18.3. The number of piperazine rings is 1. The van der Waals surface area contributed by atoms with Gasteiger partial charge in [-0.25, -0.2) is 4.98 Å². The van der Waals surface area contributed by atoms with E-state index in [1.54, 1.807) is 34.0 Å². The standard InChI is InChI=1S/C18H27N5O3/c1-24-16-5-4-15(17(25-2)18(16)26-3)12-22-8-6-21(7-9-22)10-11-23-14-19-13-20-23/h4-5,13-14H,6-12H2,1-3H3. The number of hydrogen-bond donors (Lipinski definition) is 0. The fourth-order valence-corrected chi connectivity index (χ4v) is 3.29. The Kier molecular flexibility index (Phi) is 6.30. The van der Waals surface area contributed by atoms with Gasteiger partial charge in [-0.1, -0.05) is 6.07 Å². The van der Waals surface area contributed by atoms with E-state index in [0.29, 0.717) is 11.5 Å². The summed E-state index contributed by atoms with van der Waals surface area (Å²) in [6.45, 7) is 6.85. The van der Waals surface area contributed by atoms with Crippen molar-refractivity contribution in [2.24, 2.45) is 0 Å². The molecule has 1 aliphatic heterocycles. The summed E-state index contributed by atoms with van der Waals surface area (Å²) in [4.78, 5) is 8.88. The van der Waals surface area contributed by atoms with Crippen molar-refractivity contribution in [3.05, 3.63) is 30.4 Å². The highest BCUT2D eigenvalue weighted by Crippen LogP contribution is 2.40. The number of aromatic nitrogens is 3. The van der Waals surface area contributed by atoms with Crippen LogP contribution in [0.25, 0.3) is 0 Å². The third-order valence-electron chi connectivity index (χ3n) is 4.76. The zero-order valence-electron chi connectivity index (χ0n) is 15.7. The Balaban J connectivity index is 1.55. The number of methoxy groups -OCH3 is 3. The van der Waals surface area contributed by atoms with E-state index in [2.05, 4.69) is 25.9 Å². The van der Waals surface area contributed by atoms with Crippen molar-refractivity contribution in [2.75, 3.05) is 54.1 Å². The monoisotopic (exact) mass is 361 g/mol. The van der Waals surface area contributed by atoms with Gasteiger partial charge in [0.25, 0.3) is 0 Å². The number of ether oxygens (including phenoxy) is 3. The van der Waals surface area contributed by atoms with Gasteiger partial charge in [0.15, 0.2) is 11.5 Å². The second kappa shape index (κ2) is 8.86. The molecule has 0 bridgehead atoms. The SMILES string of the molecule is COc1ccc(CN2CCN(CCn3cncn3)CC2)c(OC)c1OC. The van der Waals surface area contributed by atoms with E-state index < -0.39 is 0 Å². The third-order valence-corrected chi connectivity index (χ3v) is 4.76. The molecule has 0 amide bonds. The van der Waals surface area contributed by atoms with E-state index in [1.807, 2.05) is 10.7 Å². The van der Waals surface area contributed by atoms with Gasteiger partial charge in [0, 0.05) is 44.8 Å². The lowest BCUT2D eigenvalue weighted by molar-refractivity contribution is 0.122. The van der Waals surface area contributed by atoms with Crippen molar-refractivity contribution in [1.82, 2.24) is 24.6 Å². The lowest BCUT2D eigenvalue weighted by Gasteiger charge is -2.35. The molecule has 0 unspecified atom stereocenters. The van der Waals surface area contributed by atoms with E-state index in [-0.39, 0.29) is 0 Å². The molecule has 3 rings (SSSR count). The van der Waals surface area contributed by atoms with Crippen molar-refractivity contribution < 1.29 is 14.2 Å². The zero-order chi connectivity index (χ0) is 18.4. The van der Waals surface area contributed by atoms with Crippen LogP contribution >= 0.6 is 0 Å². The Morgan fingerprint density at radius 3 is 2.23 bits per heavy atom. The molecule has 26 heavy (non-hydrogen) atoms. The molecule has 0 saturated carbocycles. The van der Waals surface area contributed by atoms with Gasteiger partial charge in [0.05, 0.1) is 27.9 Å². The molecule has 1 aliphatic rings. The minimum Gasteiger partial charge on any atom is -0.493 e. The summed E-state index contributed by atoms with van der Waals surface area (Å²) in [6.07, 6.45) is 3.34. The van der Waals surface area contributed by atoms with E-state index in [0.717, 1.165) is 57.1 Å². The van der Waals surface area contributed by atoms with Crippen LogP contribution in [0.5, 0.6) is 17.2 Å². The van der Waals surface area contributed by atoms with Gasteiger partial charge in [0.2, 0.25) is 5.75 Å². The fourth-order valence-electron chi connectivity index (χ4n) is 3.29. The molecule has 2 heterocycles. The maximum Gasteiger partial charge on any atom is 0.203 e. The highest BCUT2D eigenvalue weighted by molar-refractivity contribution is 5.55. The summed E-state index contributed by atoms with van der Waals surface area (Å²) in [7, 11) is 4.94. The molecule has 0 radical (unpaired) electrons. The highest BCUT2D eigenvalue weighted by Gasteiger charge is 2.21. The van der Waals surface area contributed by atoms with Crippen LogP contribution in [0.4, 0.5) is 0 Å². The molecule has 8 heteroatoms. The van der Waals surface area contributed by atoms with Crippen LogP contribution in [-0.4, -0.2) is 78.6 Å². The second-order valence-corrected chi connectivity index (χ2v) is 6.27. The summed E-state index contributed by atoms with van der Waals surface area (Å²) in [6, 6.07) is 3.99. The van der Waals surface area contributed by atoms with E-state index >= 15 is 0 Å². The predicted molar refractivity (Wildman–Crippen MR) is 97.8 cm³/mol. The quantitative estimate of drug-likeness (QED) is 0.698. The van der Waals surface area contributed by atoms with Crippen LogP contribution in [-0.2, 0) is 13.1 Å². The van der Waals surface area contributed by atoms with Crippen molar-refractivity contribution in [2.45, 2.75) is 13.1 Å². The molecule has 0 spiro atoms. The van der Waals surface area contributed by atoms with Crippen LogP contribution < -0.4 is 14.2 Å². The minimum absolute atomic E-state index is 0.652. The molecule has 2 aromatic rings. The molecule has 1 fully saturated rings. The van der Waals surface area contributed by atoms with Gasteiger partial charge < -0.3 is 14.2 Å². The lowest BCUT2D eigenvalue weighted by atomic mass is 10.1. The Morgan fingerprint density at radius 2 is 1.62 bits per heavy atom. The average molecular weight is 361 g/mol. The van der Waals surface area contributed by atoms with Gasteiger partial charge in [-0.2, -0.15) is 5.10 Å². The largest absolute Gasteiger partial charge is 0.493 e. The summed E-state index contributed by atoms with van der Waals surface area (Å²) in [5.41, 5.74) is 1.11. The van der Waals surface area contributed by atoms with Gasteiger partial charge in [-0.05, 0) is 6.07 Å². The minimum atomic E-state index is 0.652. The van der Waals surface area contributed by atoms with Gasteiger partial charge in [0.1, 0.15) is 12.7 Å². The molecule has 0 N–H and O–H groups in total. The number of nitrogens with zero attached hydrogens (tertiary/aromatic N) is 5. The molecule has 0 atom stereocenters. The topological polar surface area (TPSA) is 64.9 Å². The smallest absolute Gasteiger partial charge is 0.203 e. The molecular formula is C18H27N5O3. The maximum atomic E-state index is 5.59. The highest BCUT2D eigenvalue weighted by atomic mass is 16.5. The molecule has 1 aromatic carbocycles. The zero-order valence-corrected chi connectivity index (χ0v) is 15.7.